The number of aromatic nitrogens is 1. The van der Waals surface area contributed by atoms with Crippen LogP contribution in [0.25, 0.3) is 0 Å². The average Bonchev–Trinajstić information content (AvgIpc) is 2.82. The summed E-state index contributed by atoms with van der Waals surface area (Å²) in [6.45, 7) is -0.301. The molecule has 1 atom stereocenters. The number of pyridine rings is 1. The summed E-state index contributed by atoms with van der Waals surface area (Å²) < 4.78 is 18.3. The van der Waals surface area contributed by atoms with Gasteiger partial charge in [-0.15, -0.1) is 0 Å². The number of Topliss-reactive ketones (excluding diaryl/α,β-unsaturated/α-hetero) is 1. The number of carbonyl (C=O) groups excluding carboxylic acids is 3. The Morgan fingerprint density at radius 3 is 2.34 bits per heavy atom. The van der Waals surface area contributed by atoms with E-state index < -0.39 is 29.5 Å². The minimum absolute atomic E-state index is 0.0884. The zero-order valence-electron chi connectivity index (χ0n) is 17.2. The average molecular weight is 435 g/mol. The molecule has 0 spiro atoms. The lowest BCUT2D eigenvalue weighted by molar-refractivity contribution is -0.140. The Morgan fingerprint density at radius 1 is 0.938 bits per heavy atom. The van der Waals surface area contributed by atoms with E-state index in [4.69, 9.17) is 4.74 Å². The standard InChI is InChI=1S/C24H22FN3O4/c25-18-9-11-20(12-10-18)32-16-22(29)28-21(14-17-6-2-1-3-7-17)23(30)24(31)27-15-19-8-4-5-13-26-19/h1-13,21H,14-16H2,(H,27,31)(H,28,29)/t21-/m1/s1. The van der Waals surface area contributed by atoms with Crippen molar-refractivity contribution in [2.24, 2.45) is 0 Å². The van der Waals surface area contributed by atoms with E-state index in [0.717, 1.165) is 5.56 Å². The SMILES string of the molecule is O=C(COc1ccc(F)cc1)N[C@H](Cc1ccccc1)C(=O)C(=O)NCc1ccccn1. The number of benzene rings is 2. The van der Waals surface area contributed by atoms with Gasteiger partial charge in [0.25, 0.3) is 11.8 Å². The molecule has 0 aliphatic carbocycles. The molecule has 7 nitrogen and oxygen atoms in total. The molecule has 32 heavy (non-hydrogen) atoms. The summed E-state index contributed by atoms with van der Waals surface area (Å²) >= 11 is 0. The number of nitrogens with one attached hydrogen (secondary N) is 2. The summed E-state index contributed by atoms with van der Waals surface area (Å²) in [4.78, 5) is 41.7. The molecule has 2 amide bonds. The first-order chi connectivity index (χ1) is 15.5. The van der Waals surface area contributed by atoms with Gasteiger partial charge in [0, 0.05) is 12.6 Å². The molecule has 0 fully saturated rings. The van der Waals surface area contributed by atoms with Crippen LogP contribution in [0.4, 0.5) is 4.39 Å². The van der Waals surface area contributed by atoms with Gasteiger partial charge in [0.2, 0.25) is 5.78 Å². The Labute approximate surface area is 184 Å². The molecule has 0 bridgehead atoms. The smallest absolute Gasteiger partial charge is 0.289 e. The third-order valence-corrected chi connectivity index (χ3v) is 4.50. The molecule has 2 aromatic carbocycles. The number of carbonyl (C=O) groups is 3. The quantitative estimate of drug-likeness (QED) is 0.476. The summed E-state index contributed by atoms with van der Waals surface area (Å²) in [6.07, 6.45) is 1.72. The van der Waals surface area contributed by atoms with Crippen LogP contribution in [0.15, 0.2) is 79.0 Å². The fourth-order valence-electron chi connectivity index (χ4n) is 2.89. The summed E-state index contributed by atoms with van der Waals surface area (Å²) in [7, 11) is 0. The van der Waals surface area contributed by atoms with E-state index in [9.17, 15) is 18.8 Å². The molecular weight excluding hydrogens is 413 g/mol. The summed E-state index contributed by atoms with van der Waals surface area (Å²) in [6, 6.07) is 18.4. The molecule has 3 aromatic rings. The molecule has 1 aromatic heterocycles. The summed E-state index contributed by atoms with van der Waals surface area (Å²) in [5.41, 5.74) is 1.38. The van der Waals surface area contributed by atoms with Crippen molar-refractivity contribution in [3.8, 4) is 5.75 Å². The Kier molecular flexibility index (Phi) is 8.02. The third-order valence-electron chi connectivity index (χ3n) is 4.50. The molecule has 164 valence electrons. The van der Waals surface area contributed by atoms with E-state index in [0.29, 0.717) is 11.4 Å². The van der Waals surface area contributed by atoms with E-state index in [1.54, 1.807) is 48.7 Å². The summed E-state index contributed by atoms with van der Waals surface area (Å²) in [5.74, 6) is -2.30. The van der Waals surface area contributed by atoms with Crippen molar-refractivity contribution >= 4 is 17.6 Å². The predicted octanol–water partition coefficient (Wildman–Crippen LogP) is 2.21. The first-order valence-electron chi connectivity index (χ1n) is 9.95. The fourth-order valence-corrected chi connectivity index (χ4v) is 2.89. The highest BCUT2D eigenvalue weighted by molar-refractivity contribution is 6.38. The van der Waals surface area contributed by atoms with Gasteiger partial charge >= 0.3 is 0 Å². The number of nitrogens with zero attached hydrogens (tertiary/aromatic N) is 1. The van der Waals surface area contributed by atoms with Crippen molar-refractivity contribution in [2.75, 3.05) is 6.61 Å². The molecule has 2 N–H and O–H groups in total. The zero-order chi connectivity index (χ0) is 22.8. The second-order valence-electron chi connectivity index (χ2n) is 6.92. The molecule has 0 unspecified atom stereocenters. The molecule has 0 saturated carbocycles. The van der Waals surface area contributed by atoms with Crippen LogP contribution >= 0.6 is 0 Å². The normalized spacial score (nSPS) is 11.3. The topological polar surface area (TPSA) is 97.4 Å². The maximum absolute atomic E-state index is 13.0. The molecule has 0 aliphatic rings. The number of hydrogen-bond donors (Lipinski definition) is 2. The summed E-state index contributed by atoms with van der Waals surface area (Å²) in [5, 5.41) is 5.09. The number of amides is 2. The highest BCUT2D eigenvalue weighted by Gasteiger charge is 2.27. The monoisotopic (exact) mass is 435 g/mol. The van der Waals surface area contributed by atoms with E-state index in [2.05, 4.69) is 15.6 Å². The van der Waals surface area contributed by atoms with Gasteiger partial charge in [-0.3, -0.25) is 19.4 Å². The Hall–Kier alpha value is -4.07. The van der Waals surface area contributed by atoms with Gasteiger partial charge in [-0.1, -0.05) is 36.4 Å². The largest absolute Gasteiger partial charge is 0.484 e. The highest BCUT2D eigenvalue weighted by Crippen LogP contribution is 2.11. The highest BCUT2D eigenvalue weighted by atomic mass is 19.1. The number of ketones is 1. The van der Waals surface area contributed by atoms with E-state index >= 15 is 0 Å². The molecule has 0 aliphatic heterocycles. The van der Waals surface area contributed by atoms with Gasteiger partial charge in [0.05, 0.1) is 12.2 Å². The van der Waals surface area contributed by atoms with Gasteiger partial charge in [-0.25, -0.2) is 4.39 Å². The van der Waals surface area contributed by atoms with Crippen molar-refractivity contribution in [1.82, 2.24) is 15.6 Å². The minimum Gasteiger partial charge on any atom is -0.484 e. The Morgan fingerprint density at radius 2 is 1.66 bits per heavy atom. The Bertz CT molecular complexity index is 1040. The first-order valence-corrected chi connectivity index (χ1v) is 9.95. The minimum atomic E-state index is -1.08. The lowest BCUT2D eigenvalue weighted by Crippen LogP contribution is -2.49. The van der Waals surface area contributed by atoms with Crippen LogP contribution in [0.3, 0.4) is 0 Å². The molecular formula is C24H22FN3O4. The van der Waals surface area contributed by atoms with Crippen LogP contribution in [0, 0.1) is 5.82 Å². The van der Waals surface area contributed by atoms with Crippen LogP contribution in [-0.2, 0) is 27.3 Å². The zero-order valence-corrected chi connectivity index (χ0v) is 17.2. The van der Waals surface area contributed by atoms with Crippen molar-refractivity contribution in [3.63, 3.8) is 0 Å². The molecule has 0 saturated heterocycles. The first kappa shape index (κ1) is 22.6. The van der Waals surface area contributed by atoms with Gasteiger partial charge in [0.15, 0.2) is 6.61 Å². The van der Waals surface area contributed by atoms with Crippen LogP contribution in [0.5, 0.6) is 5.75 Å². The van der Waals surface area contributed by atoms with Crippen molar-refractivity contribution < 1.29 is 23.5 Å². The number of rotatable bonds is 10. The molecule has 1 heterocycles. The second kappa shape index (κ2) is 11.4. The Balaban J connectivity index is 1.62. The van der Waals surface area contributed by atoms with Crippen LogP contribution in [-0.4, -0.2) is 35.2 Å². The number of hydrogen-bond acceptors (Lipinski definition) is 5. The van der Waals surface area contributed by atoms with Gasteiger partial charge in [-0.2, -0.15) is 0 Å². The van der Waals surface area contributed by atoms with Gasteiger partial charge in [0.1, 0.15) is 17.6 Å². The van der Waals surface area contributed by atoms with E-state index in [-0.39, 0.29) is 19.6 Å². The maximum atomic E-state index is 13.0. The third kappa shape index (κ3) is 7.02. The maximum Gasteiger partial charge on any atom is 0.289 e. The van der Waals surface area contributed by atoms with Crippen LogP contribution in [0.1, 0.15) is 11.3 Å². The van der Waals surface area contributed by atoms with Gasteiger partial charge < -0.3 is 15.4 Å². The second-order valence-corrected chi connectivity index (χ2v) is 6.92. The fraction of sp³-hybridized carbons (Fsp3) is 0.167. The van der Waals surface area contributed by atoms with Crippen molar-refractivity contribution in [2.45, 2.75) is 19.0 Å². The van der Waals surface area contributed by atoms with Crippen LogP contribution in [0.2, 0.25) is 0 Å². The lowest BCUT2D eigenvalue weighted by Gasteiger charge is -2.18. The lowest BCUT2D eigenvalue weighted by atomic mass is 10.0. The van der Waals surface area contributed by atoms with E-state index in [1.807, 2.05) is 6.07 Å². The van der Waals surface area contributed by atoms with Crippen molar-refractivity contribution in [3.05, 3.63) is 96.1 Å². The van der Waals surface area contributed by atoms with Crippen LogP contribution < -0.4 is 15.4 Å². The number of halogens is 1. The van der Waals surface area contributed by atoms with E-state index in [1.165, 1.54) is 24.3 Å². The predicted molar refractivity (Wildman–Crippen MR) is 115 cm³/mol. The number of ether oxygens (including phenoxy) is 1. The molecule has 3 rings (SSSR count). The molecule has 0 radical (unpaired) electrons. The molecule has 8 heteroatoms. The van der Waals surface area contributed by atoms with Gasteiger partial charge in [-0.05, 0) is 42.0 Å². The van der Waals surface area contributed by atoms with Crippen molar-refractivity contribution in [1.29, 1.82) is 0 Å².